The number of nitrogens with zero attached hydrogens (tertiary/aromatic N) is 2. The van der Waals surface area contributed by atoms with Crippen LogP contribution in [0.1, 0.15) is 32.6 Å². The fourth-order valence-electron chi connectivity index (χ4n) is 2.72. The monoisotopic (exact) mass is 211 g/mol. The van der Waals surface area contributed by atoms with Crippen LogP contribution in [0, 0.1) is 5.92 Å². The Morgan fingerprint density at radius 1 is 0.867 bits per heavy atom. The Morgan fingerprint density at radius 3 is 1.80 bits per heavy atom. The first kappa shape index (κ1) is 11.4. The molecule has 88 valence electrons. The molecule has 0 amide bonds. The van der Waals surface area contributed by atoms with Crippen molar-refractivity contribution < 1.29 is 0 Å². The molecule has 0 aliphatic carbocycles. The van der Waals surface area contributed by atoms with Crippen LogP contribution < -0.4 is 5.32 Å². The first-order valence-electron chi connectivity index (χ1n) is 6.46. The van der Waals surface area contributed by atoms with Gasteiger partial charge in [0.1, 0.15) is 0 Å². The highest BCUT2D eigenvalue weighted by Crippen LogP contribution is 2.20. The Morgan fingerprint density at radius 2 is 1.33 bits per heavy atom. The van der Waals surface area contributed by atoms with Crippen molar-refractivity contribution in [2.24, 2.45) is 5.92 Å². The lowest BCUT2D eigenvalue weighted by molar-refractivity contribution is -0.0638. The van der Waals surface area contributed by atoms with Gasteiger partial charge in [-0.3, -0.25) is 0 Å². The van der Waals surface area contributed by atoms with E-state index in [1.165, 1.54) is 51.9 Å². The first-order chi connectivity index (χ1) is 7.29. The van der Waals surface area contributed by atoms with E-state index < -0.39 is 0 Å². The zero-order valence-corrected chi connectivity index (χ0v) is 10.2. The van der Waals surface area contributed by atoms with Gasteiger partial charge >= 0.3 is 0 Å². The van der Waals surface area contributed by atoms with Crippen molar-refractivity contribution >= 4 is 0 Å². The molecule has 0 unspecified atom stereocenters. The lowest BCUT2D eigenvalue weighted by Crippen LogP contribution is -2.52. The normalized spacial score (nSPS) is 28.4. The van der Waals surface area contributed by atoms with E-state index in [2.05, 4.69) is 29.3 Å². The zero-order valence-electron chi connectivity index (χ0n) is 10.2. The molecule has 0 spiro atoms. The predicted octanol–water partition coefficient (Wildman–Crippen LogP) is 1.32. The number of hydrazine groups is 1. The van der Waals surface area contributed by atoms with Gasteiger partial charge in [0.2, 0.25) is 0 Å². The van der Waals surface area contributed by atoms with Crippen molar-refractivity contribution in [3.8, 4) is 0 Å². The molecule has 2 saturated heterocycles. The lowest BCUT2D eigenvalue weighted by Gasteiger charge is -2.42. The molecule has 0 aromatic heterocycles. The minimum Gasteiger partial charge on any atom is -0.317 e. The molecular formula is C12H25N3. The minimum atomic E-state index is 0.755. The highest BCUT2D eigenvalue weighted by atomic mass is 15.6. The average molecular weight is 211 g/mol. The van der Waals surface area contributed by atoms with Gasteiger partial charge in [0.05, 0.1) is 0 Å². The Balaban J connectivity index is 1.75. The average Bonchev–Trinajstić information content (AvgIpc) is 2.30. The van der Waals surface area contributed by atoms with Gasteiger partial charge in [-0.25, -0.2) is 10.0 Å². The third kappa shape index (κ3) is 2.92. The molecule has 2 aliphatic rings. The number of piperidine rings is 2. The van der Waals surface area contributed by atoms with Crippen molar-refractivity contribution in [2.45, 2.75) is 38.6 Å². The topological polar surface area (TPSA) is 18.5 Å². The first-order valence-corrected chi connectivity index (χ1v) is 6.46. The molecule has 0 atom stereocenters. The molecule has 3 heteroatoms. The molecule has 3 nitrogen and oxygen atoms in total. The Bertz CT molecular complexity index is 179. The largest absolute Gasteiger partial charge is 0.317 e. The summed E-state index contributed by atoms with van der Waals surface area (Å²) in [6.45, 7) is 7.45. The predicted molar refractivity (Wildman–Crippen MR) is 63.6 cm³/mol. The van der Waals surface area contributed by atoms with E-state index in [1.807, 2.05) is 0 Å². The van der Waals surface area contributed by atoms with Crippen LogP contribution in [0.5, 0.6) is 0 Å². The Hall–Kier alpha value is -0.120. The molecule has 2 rings (SSSR count). The van der Waals surface area contributed by atoms with Crippen LogP contribution >= 0.6 is 0 Å². The van der Waals surface area contributed by atoms with E-state index in [9.17, 15) is 0 Å². The summed E-state index contributed by atoms with van der Waals surface area (Å²) in [5, 5.41) is 8.56. The SMILES string of the molecule is CNC1CCN(N2CCC(C)CC2)CC1. The van der Waals surface area contributed by atoms with Gasteiger partial charge < -0.3 is 5.32 Å². The van der Waals surface area contributed by atoms with Crippen LogP contribution in [-0.4, -0.2) is 49.3 Å². The number of hydrogen-bond acceptors (Lipinski definition) is 3. The summed E-state index contributed by atoms with van der Waals surface area (Å²) >= 11 is 0. The quantitative estimate of drug-likeness (QED) is 0.743. The molecule has 1 N–H and O–H groups in total. The van der Waals surface area contributed by atoms with Gasteiger partial charge in [0.15, 0.2) is 0 Å². The molecular weight excluding hydrogens is 186 g/mol. The summed E-state index contributed by atoms with van der Waals surface area (Å²) in [4.78, 5) is 0. The van der Waals surface area contributed by atoms with Gasteiger partial charge in [-0.05, 0) is 38.6 Å². The number of nitrogens with one attached hydrogen (secondary N) is 1. The molecule has 0 bridgehead atoms. The minimum absolute atomic E-state index is 0.755. The summed E-state index contributed by atoms with van der Waals surface area (Å²) < 4.78 is 0. The fourth-order valence-corrected chi connectivity index (χ4v) is 2.72. The zero-order chi connectivity index (χ0) is 10.7. The molecule has 0 saturated carbocycles. The number of rotatable bonds is 2. The van der Waals surface area contributed by atoms with Crippen LogP contribution in [-0.2, 0) is 0 Å². The highest BCUT2D eigenvalue weighted by molar-refractivity contribution is 4.77. The van der Waals surface area contributed by atoms with E-state index in [0.717, 1.165) is 12.0 Å². The van der Waals surface area contributed by atoms with Crippen LogP contribution in [0.4, 0.5) is 0 Å². The summed E-state index contributed by atoms with van der Waals surface area (Å²) in [5.74, 6) is 0.941. The maximum atomic E-state index is 3.39. The smallest absolute Gasteiger partial charge is 0.0148 e. The summed E-state index contributed by atoms with van der Waals surface area (Å²) in [5.41, 5.74) is 0. The Labute approximate surface area is 93.8 Å². The maximum absolute atomic E-state index is 3.39. The van der Waals surface area contributed by atoms with E-state index in [4.69, 9.17) is 0 Å². The molecule has 2 heterocycles. The van der Waals surface area contributed by atoms with Gasteiger partial charge in [-0.1, -0.05) is 6.92 Å². The highest BCUT2D eigenvalue weighted by Gasteiger charge is 2.25. The van der Waals surface area contributed by atoms with Crippen LogP contribution in [0.2, 0.25) is 0 Å². The molecule has 15 heavy (non-hydrogen) atoms. The summed E-state index contributed by atoms with van der Waals surface area (Å²) in [6.07, 6.45) is 5.38. The lowest BCUT2D eigenvalue weighted by atomic mass is 10.00. The van der Waals surface area contributed by atoms with Crippen LogP contribution in [0.3, 0.4) is 0 Å². The van der Waals surface area contributed by atoms with Crippen molar-refractivity contribution in [3.05, 3.63) is 0 Å². The molecule has 2 aliphatic heterocycles. The van der Waals surface area contributed by atoms with Gasteiger partial charge in [-0.15, -0.1) is 0 Å². The van der Waals surface area contributed by atoms with Crippen LogP contribution in [0.15, 0.2) is 0 Å². The van der Waals surface area contributed by atoms with Gasteiger partial charge in [0.25, 0.3) is 0 Å². The summed E-state index contributed by atoms with van der Waals surface area (Å²) in [6, 6.07) is 0.755. The second kappa shape index (κ2) is 5.28. The number of hydrogen-bond donors (Lipinski definition) is 1. The van der Waals surface area contributed by atoms with Crippen molar-refractivity contribution in [2.75, 3.05) is 33.2 Å². The van der Waals surface area contributed by atoms with E-state index >= 15 is 0 Å². The Kier molecular flexibility index (Phi) is 4.00. The maximum Gasteiger partial charge on any atom is 0.0148 e. The molecule has 0 aromatic rings. The molecule has 0 radical (unpaired) electrons. The van der Waals surface area contributed by atoms with Gasteiger partial charge in [0, 0.05) is 32.2 Å². The standard InChI is InChI=1S/C12H25N3/c1-11-3-7-14(8-4-11)15-9-5-12(13-2)6-10-15/h11-13H,3-10H2,1-2H3. The van der Waals surface area contributed by atoms with E-state index in [1.54, 1.807) is 0 Å². The van der Waals surface area contributed by atoms with Crippen LogP contribution in [0.25, 0.3) is 0 Å². The van der Waals surface area contributed by atoms with Crippen molar-refractivity contribution in [3.63, 3.8) is 0 Å². The second-order valence-electron chi connectivity index (χ2n) is 5.15. The fraction of sp³-hybridized carbons (Fsp3) is 1.00. The van der Waals surface area contributed by atoms with Crippen molar-refractivity contribution in [1.82, 2.24) is 15.3 Å². The summed E-state index contributed by atoms with van der Waals surface area (Å²) in [7, 11) is 2.09. The molecule has 0 aromatic carbocycles. The molecule has 2 fully saturated rings. The van der Waals surface area contributed by atoms with Crippen molar-refractivity contribution in [1.29, 1.82) is 0 Å². The third-order valence-corrected chi connectivity index (χ3v) is 4.04. The van der Waals surface area contributed by atoms with Gasteiger partial charge in [-0.2, -0.15) is 0 Å². The van der Waals surface area contributed by atoms with E-state index in [0.29, 0.717) is 0 Å². The van der Waals surface area contributed by atoms with E-state index in [-0.39, 0.29) is 0 Å². The third-order valence-electron chi connectivity index (χ3n) is 4.04. The second-order valence-corrected chi connectivity index (χ2v) is 5.15.